The highest BCUT2D eigenvalue weighted by Crippen LogP contribution is 2.70. The van der Waals surface area contributed by atoms with Gasteiger partial charge in [-0.15, -0.1) is 0 Å². The molecule has 1 aromatic rings. The molecule has 1 spiro atoms. The number of hydrogen-bond acceptors (Lipinski definition) is 4. The van der Waals surface area contributed by atoms with Gasteiger partial charge in [0.2, 0.25) is 10.0 Å². The number of nitrogens with one attached hydrogen (secondary N) is 1. The zero-order chi connectivity index (χ0) is 19.2. The third kappa shape index (κ3) is 2.20. The lowest BCUT2D eigenvalue weighted by molar-refractivity contribution is -0.128. The van der Waals surface area contributed by atoms with Crippen molar-refractivity contribution in [3.63, 3.8) is 0 Å². The van der Waals surface area contributed by atoms with E-state index in [0.29, 0.717) is 5.92 Å². The molecule has 146 valence electrons. The Bertz CT molecular complexity index is 908. The van der Waals surface area contributed by atoms with Crippen LogP contribution in [0.2, 0.25) is 0 Å². The Morgan fingerprint density at radius 2 is 1.96 bits per heavy atom. The lowest BCUT2D eigenvalue weighted by atomic mass is 9.69. The smallest absolute Gasteiger partial charge is 0.255 e. The van der Waals surface area contributed by atoms with Gasteiger partial charge in [-0.25, -0.2) is 12.7 Å². The van der Waals surface area contributed by atoms with Gasteiger partial charge in [0.15, 0.2) is 0 Å². The molecule has 4 aliphatic rings. The number of sulfonamides is 1. The van der Waals surface area contributed by atoms with E-state index < -0.39 is 16.1 Å². The normalized spacial score (nSPS) is 40.2. The summed E-state index contributed by atoms with van der Waals surface area (Å²) in [6.45, 7) is 6.53. The molecule has 2 heterocycles. The van der Waals surface area contributed by atoms with Gasteiger partial charge in [0.05, 0.1) is 17.8 Å². The SMILES string of the molecule is CCc1ccc([C@@H]2N[C@@H]2C(=O)N2[C@H]3C[C@@H]4CC[C@@]3(CS2(=O)=O)C4(C)C)cc1. The largest absolute Gasteiger partial charge is 0.295 e. The average molecular weight is 389 g/mol. The van der Waals surface area contributed by atoms with Gasteiger partial charge in [-0.05, 0) is 48.1 Å². The molecule has 27 heavy (non-hydrogen) atoms. The van der Waals surface area contributed by atoms with Crippen LogP contribution in [0.3, 0.4) is 0 Å². The minimum atomic E-state index is -3.54. The number of nitrogens with zero attached hydrogens (tertiary/aromatic N) is 1. The first-order valence-corrected chi connectivity index (χ1v) is 11.7. The molecule has 0 radical (unpaired) electrons. The molecule has 2 saturated heterocycles. The Morgan fingerprint density at radius 1 is 1.26 bits per heavy atom. The lowest BCUT2D eigenvalue weighted by Crippen LogP contribution is -2.46. The van der Waals surface area contributed by atoms with Crippen molar-refractivity contribution in [3.8, 4) is 0 Å². The fourth-order valence-corrected chi connectivity index (χ4v) is 8.88. The predicted octanol–water partition coefficient (Wildman–Crippen LogP) is 2.63. The van der Waals surface area contributed by atoms with Crippen LogP contribution in [-0.4, -0.2) is 36.5 Å². The van der Waals surface area contributed by atoms with Gasteiger partial charge < -0.3 is 0 Å². The second-order valence-corrected chi connectivity index (χ2v) is 11.3. The Labute approximate surface area is 161 Å². The van der Waals surface area contributed by atoms with Crippen LogP contribution in [0.1, 0.15) is 57.2 Å². The number of benzene rings is 1. The minimum absolute atomic E-state index is 0.00781. The maximum Gasteiger partial charge on any atom is 0.255 e. The molecule has 1 amide bonds. The minimum Gasteiger partial charge on any atom is -0.295 e. The van der Waals surface area contributed by atoms with E-state index in [1.165, 1.54) is 9.87 Å². The van der Waals surface area contributed by atoms with Gasteiger partial charge in [0.25, 0.3) is 5.91 Å². The maximum absolute atomic E-state index is 13.2. The molecule has 1 N–H and O–H groups in total. The number of amides is 1. The number of fused-ring (bicyclic) bond motifs is 1. The fourth-order valence-electron chi connectivity index (χ4n) is 6.32. The van der Waals surface area contributed by atoms with E-state index in [4.69, 9.17) is 0 Å². The molecule has 5 rings (SSSR count). The van der Waals surface area contributed by atoms with E-state index in [0.717, 1.165) is 31.2 Å². The molecule has 2 aliphatic carbocycles. The zero-order valence-corrected chi connectivity index (χ0v) is 17.1. The first kappa shape index (κ1) is 17.7. The third-order valence-electron chi connectivity index (χ3n) is 8.22. The number of carbonyl (C=O) groups is 1. The van der Waals surface area contributed by atoms with E-state index in [1.807, 2.05) is 12.1 Å². The molecular formula is C21H28N2O3S. The number of carbonyl (C=O) groups excluding carboxylic acids is 1. The summed E-state index contributed by atoms with van der Waals surface area (Å²) in [5.74, 6) is 0.422. The molecule has 0 aromatic heterocycles. The molecule has 5 atom stereocenters. The third-order valence-corrected chi connectivity index (χ3v) is 10.1. The maximum atomic E-state index is 13.2. The number of rotatable bonds is 3. The van der Waals surface area contributed by atoms with Gasteiger partial charge in [-0.1, -0.05) is 45.0 Å². The van der Waals surface area contributed by atoms with Crippen molar-refractivity contribution in [1.29, 1.82) is 0 Å². The van der Waals surface area contributed by atoms with Gasteiger partial charge in [0, 0.05) is 5.41 Å². The topological polar surface area (TPSA) is 76.4 Å². The van der Waals surface area contributed by atoms with Crippen molar-refractivity contribution in [2.24, 2.45) is 16.7 Å². The van der Waals surface area contributed by atoms with Crippen molar-refractivity contribution in [3.05, 3.63) is 35.4 Å². The van der Waals surface area contributed by atoms with E-state index in [1.54, 1.807) is 0 Å². The molecule has 6 heteroatoms. The van der Waals surface area contributed by atoms with Gasteiger partial charge in [-0.2, -0.15) is 0 Å². The molecule has 5 nitrogen and oxygen atoms in total. The summed E-state index contributed by atoms with van der Waals surface area (Å²) < 4.78 is 27.3. The first-order valence-electron chi connectivity index (χ1n) is 10.1. The highest BCUT2D eigenvalue weighted by Gasteiger charge is 2.73. The Balaban J connectivity index is 1.41. The quantitative estimate of drug-likeness (QED) is 0.808. The average Bonchev–Trinajstić information content (AvgIpc) is 3.29. The first-order chi connectivity index (χ1) is 12.7. The molecule has 4 fully saturated rings. The van der Waals surface area contributed by atoms with Crippen LogP contribution in [0.5, 0.6) is 0 Å². The van der Waals surface area contributed by atoms with Crippen LogP contribution < -0.4 is 5.32 Å². The van der Waals surface area contributed by atoms with Crippen molar-refractivity contribution >= 4 is 15.9 Å². The number of aryl methyl sites for hydroxylation is 1. The van der Waals surface area contributed by atoms with Crippen LogP contribution in [0.15, 0.2) is 24.3 Å². The van der Waals surface area contributed by atoms with Gasteiger partial charge >= 0.3 is 0 Å². The summed E-state index contributed by atoms with van der Waals surface area (Å²) in [6.07, 6.45) is 3.83. The van der Waals surface area contributed by atoms with E-state index in [-0.39, 0.29) is 34.6 Å². The van der Waals surface area contributed by atoms with Gasteiger partial charge in [-0.3, -0.25) is 10.1 Å². The van der Waals surface area contributed by atoms with Crippen LogP contribution in [0, 0.1) is 16.7 Å². The monoisotopic (exact) mass is 388 g/mol. The summed E-state index contributed by atoms with van der Waals surface area (Å²) >= 11 is 0. The summed E-state index contributed by atoms with van der Waals surface area (Å²) in [6, 6.07) is 7.63. The Morgan fingerprint density at radius 3 is 2.59 bits per heavy atom. The summed E-state index contributed by atoms with van der Waals surface area (Å²) in [5, 5.41) is 3.22. The van der Waals surface area contributed by atoms with Crippen molar-refractivity contribution < 1.29 is 13.2 Å². The summed E-state index contributed by atoms with van der Waals surface area (Å²) in [5.41, 5.74) is 2.06. The zero-order valence-electron chi connectivity index (χ0n) is 16.2. The predicted molar refractivity (Wildman–Crippen MR) is 103 cm³/mol. The second-order valence-electron chi connectivity index (χ2n) is 9.47. The molecule has 2 saturated carbocycles. The Kier molecular flexibility index (Phi) is 3.50. The Hall–Kier alpha value is -1.40. The highest BCUT2D eigenvalue weighted by atomic mass is 32.2. The van der Waals surface area contributed by atoms with Crippen LogP contribution >= 0.6 is 0 Å². The highest BCUT2D eigenvalue weighted by molar-refractivity contribution is 7.90. The van der Waals surface area contributed by atoms with Crippen LogP contribution in [0.4, 0.5) is 0 Å². The van der Waals surface area contributed by atoms with Gasteiger partial charge in [0.1, 0.15) is 6.04 Å². The molecule has 0 unspecified atom stereocenters. The van der Waals surface area contributed by atoms with E-state index in [2.05, 4.69) is 38.2 Å². The number of hydrogen-bond donors (Lipinski definition) is 1. The molecule has 2 bridgehead atoms. The second kappa shape index (κ2) is 5.35. The van der Waals surface area contributed by atoms with E-state index in [9.17, 15) is 13.2 Å². The van der Waals surface area contributed by atoms with Crippen molar-refractivity contribution in [2.45, 2.75) is 64.6 Å². The lowest BCUT2D eigenvalue weighted by Gasteiger charge is -2.37. The summed E-state index contributed by atoms with van der Waals surface area (Å²) in [7, 11) is -3.54. The van der Waals surface area contributed by atoms with Crippen LogP contribution in [-0.2, 0) is 21.2 Å². The molecular weight excluding hydrogens is 360 g/mol. The fraction of sp³-hybridized carbons (Fsp3) is 0.667. The van der Waals surface area contributed by atoms with Crippen molar-refractivity contribution in [2.75, 3.05) is 5.75 Å². The molecule has 2 aliphatic heterocycles. The molecule has 1 aromatic carbocycles. The summed E-state index contributed by atoms with van der Waals surface area (Å²) in [4.78, 5) is 13.2. The van der Waals surface area contributed by atoms with E-state index >= 15 is 0 Å². The van der Waals surface area contributed by atoms with Crippen molar-refractivity contribution in [1.82, 2.24) is 9.62 Å². The van der Waals surface area contributed by atoms with Crippen LogP contribution in [0.25, 0.3) is 0 Å². The standard InChI is InChI=1S/C21H28N2O3S/c1-4-13-5-7-14(8-6-13)17-18(22-17)19(24)23-16-11-15-9-10-21(16,20(15,2)3)12-27(23,25)26/h5-8,15-18,22H,4,9-12H2,1-3H3/t15-,16-,17-,18-,21-/m0/s1.